The molecule has 3 aliphatic rings. The molecule has 0 saturated carbocycles. The molecule has 0 bridgehead atoms. The highest BCUT2D eigenvalue weighted by molar-refractivity contribution is 8.18. The van der Waals surface area contributed by atoms with Crippen LogP contribution in [0.2, 0.25) is 0 Å². The summed E-state index contributed by atoms with van der Waals surface area (Å²) in [5, 5.41) is -0.502. The van der Waals surface area contributed by atoms with E-state index in [9.17, 15) is 18.8 Å². The molecule has 0 unspecified atom stereocenters. The number of carbonyl (C=O) groups excluding carboxylic acids is 3. The number of halogens is 1. The molecule has 0 spiro atoms. The molecule has 0 radical (unpaired) electrons. The third-order valence-corrected chi connectivity index (χ3v) is 5.38. The Balaban J connectivity index is 1.56. The van der Waals surface area contributed by atoms with E-state index in [4.69, 9.17) is 4.74 Å². The predicted octanol–water partition coefficient (Wildman–Crippen LogP) is 3.50. The van der Waals surface area contributed by atoms with Crippen molar-refractivity contribution in [2.45, 2.75) is 12.6 Å². The van der Waals surface area contributed by atoms with Crippen LogP contribution in [0, 0.1) is 11.7 Å². The van der Waals surface area contributed by atoms with Crippen molar-refractivity contribution < 1.29 is 23.5 Å². The number of thioether (sulfide) groups is 1. The van der Waals surface area contributed by atoms with E-state index in [1.807, 2.05) is 0 Å². The Morgan fingerprint density at radius 3 is 2.74 bits per heavy atom. The van der Waals surface area contributed by atoms with Gasteiger partial charge in [-0.25, -0.2) is 4.39 Å². The molecule has 2 atom stereocenters. The smallest absolute Gasteiger partial charge is 0.293 e. The van der Waals surface area contributed by atoms with Crippen LogP contribution in [-0.4, -0.2) is 27.9 Å². The first-order valence-electron chi connectivity index (χ1n) is 8.28. The van der Waals surface area contributed by atoms with Crippen molar-refractivity contribution in [3.63, 3.8) is 0 Å². The highest BCUT2D eigenvalue weighted by Gasteiger charge is 2.38. The molecule has 0 aromatic heterocycles. The first-order chi connectivity index (χ1) is 13.0. The zero-order valence-corrected chi connectivity index (χ0v) is 14.8. The quantitative estimate of drug-likeness (QED) is 0.748. The van der Waals surface area contributed by atoms with Crippen LogP contribution < -0.4 is 0 Å². The second-order valence-corrected chi connectivity index (χ2v) is 7.19. The van der Waals surface area contributed by atoms with Gasteiger partial charge in [0.2, 0.25) is 0 Å². The zero-order chi connectivity index (χ0) is 19.0. The van der Waals surface area contributed by atoms with Gasteiger partial charge in [-0.3, -0.25) is 19.3 Å². The minimum atomic E-state index is -0.553. The van der Waals surface area contributed by atoms with Gasteiger partial charge in [0.1, 0.15) is 11.9 Å². The van der Waals surface area contributed by atoms with Crippen LogP contribution >= 0.6 is 11.8 Å². The molecule has 2 aliphatic heterocycles. The monoisotopic (exact) mass is 383 g/mol. The van der Waals surface area contributed by atoms with Crippen molar-refractivity contribution in [2.24, 2.45) is 5.92 Å². The molecule has 4 rings (SSSR count). The Bertz CT molecular complexity index is 962. The maximum Gasteiger partial charge on any atom is 0.293 e. The first-order valence-corrected chi connectivity index (χ1v) is 9.10. The predicted molar refractivity (Wildman–Crippen MR) is 97.8 cm³/mol. The van der Waals surface area contributed by atoms with Gasteiger partial charge in [0.15, 0.2) is 5.78 Å². The van der Waals surface area contributed by atoms with Gasteiger partial charge in [-0.2, -0.15) is 0 Å². The number of carbonyl (C=O) groups is 3. The highest BCUT2D eigenvalue weighted by atomic mass is 32.2. The normalized spacial score (nSPS) is 25.7. The summed E-state index contributed by atoms with van der Waals surface area (Å²) in [4.78, 5) is 38.5. The van der Waals surface area contributed by atoms with Crippen molar-refractivity contribution in [3.05, 3.63) is 82.8 Å². The van der Waals surface area contributed by atoms with Crippen LogP contribution in [0.3, 0.4) is 0 Å². The summed E-state index contributed by atoms with van der Waals surface area (Å²) in [6.07, 6.45) is 9.45. The molecule has 2 heterocycles. The van der Waals surface area contributed by atoms with Crippen molar-refractivity contribution in [2.75, 3.05) is 0 Å². The minimum absolute atomic E-state index is 0.119. The number of rotatable bonds is 3. The standard InChI is InChI=1S/C20H14FNO4S/c21-15-7-3-1-5-12(15)10-22-19(24)17(27-20(22)25)9-13-11-26-16-8-4-2-6-14(16)18(13)23/h1-9,11,14,16H,10H2/b17-9+/t14-,16+/m0/s1. The first kappa shape index (κ1) is 17.5. The Kier molecular flexibility index (Phi) is 4.53. The van der Waals surface area contributed by atoms with Crippen molar-refractivity contribution >= 4 is 28.7 Å². The number of ether oxygens (including phenoxy) is 1. The summed E-state index contributed by atoms with van der Waals surface area (Å²) in [5.41, 5.74) is 0.479. The number of amides is 2. The fraction of sp³-hybridized carbons (Fsp3) is 0.150. The third kappa shape index (κ3) is 3.26. The largest absolute Gasteiger partial charge is 0.492 e. The third-order valence-electron chi connectivity index (χ3n) is 4.47. The molecule has 0 N–H and O–H groups in total. The van der Waals surface area contributed by atoms with E-state index in [0.717, 1.165) is 16.7 Å². The number of imide groups is 1. The van der Waals surface area contributed by atoms with Gasteiger partial charge >= 0.3 is 0 Å². The Labute approximate surface area is 158 Å². The summed E-state index contributed by atoms with van der Waals surface area (Å²) in [6, 6.07) is 5.97. The number of Topliss-reactive ketones (excluding diaryl/α,β-unsaturated/α-hetero) is 1. The van der Waals surface area contributed by atoms with E-state index in [1.165, 1.54) is 30.5 Å². The van der Waals surface area contributed by atoms with Gasteiger partial charge in [0.05, 0.1) is 29.2 Å². The Morgan fingerprint density at radius 2 is 1.93 bits per heavy atom. The fourth-order valence-electron chi connectivity index (χ4n) is 3.04. The van der Waals surface area contributed by atoms with E-state index in [0.29, 0.717) is 0 Å². The van der Waals surface area contributed by atoms with Gasteiger partial charge in [-0.15, -0.1) is 0 Å². The van der Waals surface area contributed by atoms with Crippen LogP contribution in [0.5, 0.6) is 0 Å². The molecule has 1 aromatic carbocycles. The highest BCUT2D eigenvalue weighted by Crippen LogP contribution is 2.35. The number of benzene rings is 1. The van der Waals surface area contributed by atoms with Crippen LogP contribution in [0.15, 0.2) is 71.4 Å². The van der Waals surface area contributed by atoms with Crippen molar-refractivity contribution in [1.82, 2.24) is 4.90 Å². The van der Waals surface area contributed by atoms with Gasteiger partial charge in [-0.05, 0) is 30.0 Å². The lowest BCUT2D eigenvalue weighted by Gasteiger charge is -2.27. The number of hydrogen-bond donors (Lipinski definition) is 0. The van der Waals surface area contributed by atoms with Crippen molar-refractivity contribution in [1.29, 1.82) is 0 Å². The molecule has 5 nitrogen and oxygen atoms in total. The molecular formula is C20H14FNO4S. The number of hydrogen-bond acceptors (Lipinski definition) is 5. The van der Waals surface area contributed by atoms with Gasteiger partial charge in [0, 0.05) is 5.56 Å². The SMILES string of the molecule is O=C1C(/C=C2/SC(=O)N(Cc3ccccc3F)C2=O)=CO[C@@H]2C=CC=C[C@H]12. The molecule has 1 saturated heterocycles. The Hall–Kier alpha value is -2.93. The summed E-state index contributed by atoms with van der Waals surface area (Å²) < 4.78 is 19.4. The second-order valence-electron chi connectivity index (χ2n) is 6.19. The molecule has 1 fully saturated rings. The lowest BCUT2D eigenvalue weighted by atomic mass is 9.88. The average Bonchev–Trinajstić information content (AvgIpc) is 2.93. The number of nitrogens with zero attached hydrogens (tertiary/aromatic N) is 1. The molecular weight excluding hydrogens is 369 g/mol. The van der Waals surface area contributed by atoms with E-state index in [1.54, 1.807) is 30.4 Å². The minimum Gasteiger partial charge on any atom is -0.492 e. The molecule has 1 aliphatic carbocycles. The average molecular weight is 383 g/mol. The van der Waals surface area contributed by atoms with E-state index in [-0.39, 0.29) is 34.5 Å². The number of fused-ring (bicyclic) bond motifs is 1. The van der Waals surface area contributed by atoms with Crippen LogP contribution in [-0.2, 0) is 20.9 Å². The molecule has 27 heavy (non-hydrogen) atoms. The summed E-state index contributed by atoms with van der Waals surface area (Å²) in [6.45, 7) is -0.156. The van der Waals surface area contributed by atoms with Gasteiger partial charge < -0.3 is 4.74 Å². The van der Waals surface area contributed by atoms with Crippen molar-refractivity contribution in [3.8, 4) is 0 Å². The van der Waals surface area contributed by atoms with Crippen LogP contribution in [0.4, 0.5) is 9.18 Å². The maximum absolute atomic E-state index is 13.8. The summed E-state index contributed by atoms with van der Waals surface area (Å²) in [7, 11) is 0. The maximum atomic E-state index is 13.8. The van der Waals surface area contributed by atoms with Crippen LogP contribution in [0.1, 0.15) is 5.56 Å². The molecule has 7 heteroatoms. The zero-order valence-electron chi connectivity index (χ0n) is 14.0. The van der Waals surface area contributed by atoms with E-state index < -0.39 is 22.9 Å². The molecule has 1 aromatic rings. The van der Waals surface area contributed by atoms with Crippen LogP contribution in [0.25, 0.3) is 0 Å². The Morgan fingerprint density at radius 1 is 1.15 bits per heavy atom. The summed E-state index contributed by atoms with van der Waals surface area (Å²) in [5.74, 6) is -1.66. The lowest BCUT2D eigenvalue weighted by Crippen LogP contribution is -2.32. The van der Waals surface area contributed by atoms with E-state index >= 15 is 0 Å². The van der Waals surface area contributed by atoms with Gasteiger partial charge in [0.25, 0.3) is 11.1 Å². The summed E-state index contributed by atoms with van der Waals surface area (Å²) >= 11 is 0.727. The van der Waals surface area contributed by atoms with E-state index in [2.05, 4.69) is 0 Å². The number of allylic oxidation sites excluding steroid dienone is 4. The lowest BCUT2D eigenvalue weighted by molar-refractivity contribution is -0.123. The second kappa shape index (κ2) is 7.00. The van der Waals surface area contributed by atoms with Gasteiger partial charge in [-0.1, -0.05) is 36.4 Å². The number of ketones is 1. The molecule has 136 valence electrons. The molecule has 2 amide bonds. The fourth-order valence-corrected chi connectivity index (χ4v) is 3.86. The topological polar surface area (TPSA) is 63.7 Å².